The number of furan rings is 1. The number of para-hydroxylation sites is 1. The summed E-state index contributed by atoms with van der Waals surface area (Å²) < 4.78 is 6.59. The lowest BCUT2D eigenvalue weighted by Crippen LogP contribution is -2.19. The van der Waals surface area contributed by atoms with E-state index in [4.69, 9.17) is 4.42 Å². The number of benzene rings is 7. The standard InChI is InChI=1S/C44H30N2OS/c1-2-10-29(11-3-1)31-18-21-33(22-19-31)45(36-23-20-30-12-4-5-13-32(30)28-36)34-24-26-35(27-25-34)46-41-37-14-6-8-16-39(37)47-43(41)44-42(46)38-15-7-9-17-40(38)48-44/h1-28,42,44H. The number of rotatable bonds is 5. The maximum absolute atomic E-state index is 6.59. The van der Waals surface area contributed by atoms with E-state index in [1.54, 1.807) is 0 Å². The summed E-state index contributed by atoms with van der Waals surface area (Å²) in [4.78, 5) is 6.21. The first kappa shape index (κ1) is 27.4. The van der Waals surface area contributed by atoms with Crippen LogP contribution in [0.15, 0.2) is 179 Å². The van der Waals surface area contributed by atoms with Gasteiger partial charge in [-0.1, -0.05) is 103 Å². The van der Waals surface area contributed by atoms with Crippen molar-refractivity contribution >= 4 is 61.9 Å². The van der Waals surface area contributed by atoms with Crippen molar-refractivity contribution < 1.29 is 4.42 Å². The Balaban J connectivity index is 1.09. The van der Waals surface area contributed by atoms with Crippen LogP contribution < -0.4 is 9.80 Å². The van der Waals surface area contributed by atoms with Gasteiger partial charge in [0.1, 0.15) is 11.3 Å². The third-order valence-electron chi connectivity index (χ3n) is 9.76. The van der Waals surface area contributed by atoms with Crippen LogP contribution in [0.1, 0.15) is 22.6 Å². The maximum atomic E-state index is 6.59. The molecule has 3 nitrogen and oxygen atoms in total. The number of thioether (sulfide) groups is 1. The van der Waals surface area contributed by atoms with Crippen molar-refractivity contribution in [1.29, 1.82) is 0 Å². The maximum Gasteiger partial charge on any atom is 0.144 e. The van der Waals surface area contributed by atoms with Gasteiger partial charge in [-0.15, -0.1) is 11.8 Å². The van der Waals surface area contributed by atoms with E-state index in [9.17, 15) is 0 Å². The highest BCUT2D eigenvalue weighted by Gasteiger charge is 2.49. The van der Waals surface area contributed by atoms with Crippen LogP contribution in [-0.2, 0) is 0 Å². The van der Waals surface area contributed by atoms with Gasteiger partial charge in [0, 0.05) is 33.0 Å². The van der Waals surface area contributed by atoms with E-state index in [2.05, 4.69) is 180 Å². The summed E-state index contributed by atoms with van der Waals surface area (Å²) in [5.41, 5.74) is 10.4. The second kappa shape index (κ2) is 10.9. The van der Waals surface area contributed by atoms with Gasteiger partial charge in [-0.25, -0.2) is 0 Å². The fourth-order valence-corrected chi connectivity index (χ4v) is 8.97. The van der Waals surface area contributed by atoms with Gasteiger partial charge in [-0.05, 0) is 94.2 Å². The minimum absolute atomic E-state index is 0.178. The highest BCUT2D eigenvalue weighted by molar-refractivity contribution is 8.00. The molecular formula is C44H30N2OS. The van der Waals surface area contributed by atoms with Crippen LogP contribution in [0.25, 0.3) is 32.9 Å². The summed E-state index contributed by atoms with van der Waals surface area (Å²) in [5, 5.41) is 3.83. The van der Waals surface area contributed by atoms with Gasteiger partial charge in [0.15, 0.2) is 0 Å². The minimum Gasteiger partial charge on any atom is -0.458 e. The zero-order valence-electron chi connectivity index (χ0n) is 26.0. The summed E-state index contributed by atoms with van der Waals surface area (Å²) in [7, 11) is 0. The van der Waals surface area contributed by atoms with Crippen molar-refractivity contribution in [3.05, 3.63) is 181 Å². The highest BCUT2D eigenvalue weighted by Crippen LogP contribution is 2.66. The lowest BCUT2D eigenvalue weighted by Gasteiger charge is -2.29. The summed E-state index contributed by atoms with van der Waals surface area (Å²) >= 11 is 1.92. The molecule has 48 heavy (non-hydrogen) atoms. The molecule has 3 heterocycles. The molecule has 2 unspecified atom stereocenters. The molecule has 0 radical (unpaired) electrons. The SMILES string of the molecule is c1ccc(-c2ccc(N(c3ccc(N4c5c(oc6ccccc56)C5Sc6ccccc6C54)cc3)c3ccc4ccccc4c3)cc2)cc1. The van der Waals surface area contributed by atoms with Gasteiger partial charge in [-0.3, -0.25) is 0 Å². The molecule has 0 saturated carbocycles. The molecule has 2 atom stereocenters. The molecule has 10 rings (SSSR count). The summed E-state index contributed by atoms with van der Waals surface area (Å²) in [6.07, 6.45) is 0. The Morgan fingerprint density at radius 2 is 1.19 bits per heavy atom. The second-order valence-electron chi connectivity index (χ2n) is 12.5. The molecule has 2 aliphatic rings. The van der Waals surface area contributed by atoms with Crippen LogP contribution in [-0.4, -0.2) is 0 Å². The molecule has 4 heteroatoms. The number of fused-ring (bicyclic) bond motifs is 8. The third kappa shape index (κ3) is 4.30. The molecule has 0 aliphatic carbocycles. The van der Waals surface area contributed by atoms with Gasteiger partial charge in [0.25, 0.3) is 0 Å². The Kier molecular flexibility index (Phi) is 6.24. The van der Waals surface area contributed by atoms with E-state index in [0.29, 0.717) is 0 Å². The average molecular weight is 635 g/mol. The molecule has 228 valence electrons. The van der Waals surface area contributed by atoms with E-state index in [1.807, 2.05) is 11.8 Å². The number of anilines is 5. The van der Waals surface area contributed by atoms with E-state index in [0.717, 1.165) is 34.1 Å². The van der Waals surface area contributed by atoms with Crippen LogP contribution >= 0.6 is 11.8 Å². The Morgan fingerprint density at radius 3 is 2.02 bits per heavy atom. The quantitative estimate of drug-likeness (QED) is 0.188. The fourth-order valence-electron chi connectivity index (χ4n) is 7.55. The van der Waals surface area contributed by atoms with Gasteiger partial charge >= 0.3 is 0 Å². The molecule has 0 spiro atoms. The summed E-state index contributed by atoms with van der Waals surface area (Å²) in [5.74, 6) is 1.07. The monoisotopic (exact) mass is 634 g/mol. The van der Waals surface area contributed by atoms with E-state index in [-0.39, 0.29) is 11.3 Å². The largest absolute Gasteiger partial charge is 0.458 e. The molecular weight excluding hydrogens is 605 g/mol. The lowest BCUT2D eigenvalue weighted by atomic mass is 10.0. The smallest absolute Gasteiger partial charge is 0.144 e. The van der Waals surface area contributed by atoms with Gasteiger partial charge < -0.3 is 14.2 Å². The van der Waals surface area contributed by atoms with Crippen LogP contribution in [0.3, 0.4) is 0 Å². The second-order valence-corrected chi connectivity index (χ2v) is 13.7. The van der Waals surface area contributed by atoms with Crippen molar-refractivity contribution in [2.24, 2.45) is 0 Å². The topological polar surface area (TPSA) is 19.6 Å². The third-order valence-corrected chi connectivity index (χ3v) is 11.1. The van der Waals surface area contributed by atoms with Crippen molar-refractivity contribution in [2.75, 3.05) is 9.80 Å². The number of nitrogens with zero attached hydrogens (tertiary/aromatic N) is 2. The fraction of sp³-hybridized carbons (Fsp3) is 0.0455. The van der Waals surface area contributed by atoms with Crippen LogP contribution in [0.5, 0.6) is 0 Å². The van der Waals surface area contributed by atoms with Gasteiger partial charge in [0.2, 0.25) is 0 Å². The molecule has 1 aromatic heterocycles. The van der Waals surface area contributed by atoms with Crippen molar-refractivity contribution in [2.45, 2.75) is 16.2 Å². The molecule has 7 aromatic carbocycles. The zero-order valence-corrected chi connectivity index (χ0v) is 26.8. The van der Waals surface area contributed by atoms with E-state index >= 15 is 0 Å². The Labute approximate surface area is 283 Å². The van der Waals surface area contributed by atoms with Crippen molar-refractivity contribution in [3.8, 4) is 11.1 Å². The van der Waals surface area contributed by atoms with Gasteiger partial charge in [0.05, 0.1) is 17.0 Å². The predicted molar refractivity (Wildman–Crippen MR) is 200 cm³/mol. The normalized spacial score (nSPS) is 16.2. The average Bonchev–Trinajstić information content (AvgIpc) is 3.81. The Bertz CT molecular complexity index is 2450. The Hall–Kier alpha value is -5.71. The first-order valence-electron chi connectivity index (χ1n) is 16.4. The summed E-state index contributed by atoms with van der Waals surface area (Å²) in [6, 6.07) is 61.3. The first-order chi connectivity index (χ1) is 23.8. The molecule has 2 aliphatic heterocycles. The van der Waals surface area contributed by atoms with E-state index in [1.165, 1.54) is 43.4 Å². The molecule has 0 bridgehead atoms. The van der Waals surface area contributed by atoms with Crippen LogP contribution in [0.4, 0.5) is 28.4 Å². The number of hydrogen-bond donors (Lipinski definition) is 0. The predicted octanol–water partition coefficient (Wildman–Crippen LogP) is 12.8. The van der Waals surface area contributed by atoms with E-state index < -0.39 is 0 Å². The molecule has 0 saturated heterocycles. The molecule has 0 N–H and O–H groups in total. The number of hydrogen-bond acceptors (Lipinski definition) is 4. The zero-order chi connectivity index (χ0) is 31.6. The minimum atomic E-state index is 0.178. The first-order valence-corrected chi connectivity index (χ1v) is 17.3. The lowest BCUT2D eigenvalue weighted by molar-refractivity contribution is 0.542. The van der Waals surface area contributed by atoms with Crippen LogP contribution in [0, 0.1) is 0 Å². The molecule has 8 aromatic rings. The van der Waals surface area contributed by atoms with Crippen LogP contribution in [0.2, 0.25) is 0 Å². The van der Waals surface area contributed by atoms with Crippen molar-refractivity contribution in [1.82, 2.24) is 0 Å². The van der Waals surface area contributed by atoms with Gasteiger partial charge in [-0.2, -0.15) is 0 Å². The summed E-state index contributed by atoms with van der Waals surface area (Å²) in [6.45, 7) is 0. The highest BCUT2D eigenvalue weighted by atomic mass is 32.2. The molecule has 0 fully saturated rings. The van der Waals surface area contributed by atoms with Crippen molar-refractivity contribution in [3.63, 3.8) is 0 Å². The Morgan fingerprint density at radius 1 is 0.542 bits per heavy atom. The molecule has 0 amide bonds.